The fraction of sp³-hybridized carbons (Fsp3) is 0.152. The first-order valence-corrected chi connectivity index (χ1v) is 16.0. The molecule has 6 rings (SSSR count). The van der Waals surface area contributed by atoms with Crippen LogP contribution in [-0.2, 0) is 10.1 Å². The summed E-state index contributed by atoms with van der Waals surface area (Å²) in [5, 5.41) is 12.4. The predicted molar refractivity (Wildman–Crippen MR) is 177 cm³/mol. The number of hydrogen-bond donors (Lipinski definition) is 5. The van der Waals surface area contributed by atoms with Crippen molar-refractivity contribution in [1.29, 1.82) is 0 Å². The Morgan fingerprint density at radius 2 is 0.911 bits per heavy atom. The quantitative estimate of drug-likeness (QED) is 0.194. The number of hydrogen-bond acceptors (Lipinski definition) is 8. The zero-order chi connectivity index (χ0) is 31.8. The van der Waals surface area contributed by atoms with Crippen molar-refractivity contribution in [2.45, 2.75) is 0 Å². The van der Waals surface area contributed by atoms with Crippen LogP contribution in [0.15, 0.2) is 107 Å². The number of aliphatic imine (C=N–C) groups is 2. The molecule has 2 aliphatic rings. The van der Waals surface area contributed by atoms with E-state index in [1.807, 2.05) is 72.8 Å². The van der Waals surface area contributed by atoms with Crippen molar-refractivity contribution in [3.63, 3.8) is 0 Å². The largest absolute Gasteiger partial charge is 0.368 e. The molecule has 12 heteroatoms. The fourth-order valence-corrected chi connectivity index (χ4v) is 4.64. The smallest absolute Gasteiger partial charge is 0.261 e. The van der Waals surface area contributed by atoms with Gasteiger partial charge in [0.2, 0.25) is 0 Å². The van der Waals surface area contributed by atoms with Gasteiger partial charge in [-0.15, -0.1) is 0 Å². The lowest BCUT2D eigenvalue weighted by atomic mass is 10.0. The van der Waals surface area contributed by atoms with E-state index in [9.17, 15) is 18.0 Å². The van der Waals surface area contributed by atoms with Gasteiger partial charge in [0.25, 0.3) is 21.9 Å². The lowest BCUT2D eigenvalue weighted by molar-refractivity contribution is 0.101. The minimum absolute atomic E-state index is 0.178. The first-order valence-electron chi connectivity index (χ1n) is 14.2. The summed E-state index contributed by atoms with van der Waals surface area (Å²) in [7, 11) is -3.67. The first-order chi connectivity index (χ1) is 21.6. The number of anilines is 2. The van der Waals surface area contributed by atoms with Crippen LogP contribution in [0.25, 0.3) is 11.1 Å². The van der Waals surface area contributed by atoms with Crippen molar-refractivity contribution in [1.82, 2.24) is 10.6 Å². The number of rotatable bonds is 7. The van der Waals surface area contributed by atoms with Gasteiger partial charge in [0.15, 0.2) is 0 Å². The van der Waals surface area contributed by atoms with E-state index in [0.717, 1.165) is 71.5 Å². The van der Waals surface area contributed by atoms with Crippen LogP contribution < -0.4 is 21.3 Å². The Bertz CT molecular complexity index is 1710. The number of nitrogens with zero attached hydrogens (tertiary/aromatic N) is 2. The van der Waals surface area contributed by atoms with Crippen molar-refractivity contribution < 1.29 is 22.6 Å². The molecule has 0 aliphatic carbocycles. The molecule has 2 amide bonds. The Morgan fingerprint density at radius 3 is 1.20 bits per heavy atom. The predicted octanol–water partition coefficient (Wildman–Crippen LogP) is 4.06. The number of nitrogens with one attached hydrogen (secondary N) is 4. The van der Waals surface area contributed by atoms with Crippen molar-refractivity contribution in [3.8, 4) is 11.1 Å². The zero-order valence-corrected chi connectivity index (χ0v) is 25.3. The summed E-state index contributed by atoms with van der Waals surface area (Å²) in [6, 6.07) is 30.1. The van der Waals surface area contributed by atoms with Gasteiger partial charge in [-0.05, 0) is 83.9 Å². The van der Waals surface area contributed by atoms with Crippen molar-refractivity contribution >= 4 is 45.0 Å². The molecule has 0 spiro atoms. The zero-order valence-electron chi connectivity index (χ0n) is 24.4. The van der Waals surface area contributed by atoms with Crippen LogP contribution in [0.5, 0.6) is 0 Å². The number of benzene rings is 4. The Morgan fingerprint density at radius 1 is 0.600 bits per heavy atom. The summed E-state index contributed by atoms with van der Waals surface area (Å²) in [5.74, 6) is 1.42. The van der Waals surface area contributed by atoms with Crippen LogP contribution in [0.4, 0.5) is 11.4 Å². The SMILES string of the molecule is CS(=O)(=O)O.O=C(Nc1ccc(C2=NCCN2)cc1)c1ccc(-c2ccc(C(=O)Nc3ccc(C4=NCCN4)cc3)cc2)cc1. The van der Waals surface area contributed by atoms with Crippen LogP contribution in [0.1, 0.15) is 31.8 Å². The van der Waals surface area contributed by atoms with E-state index >= 15 is 0 Å². The van der Waals surface area contributed by atoms with Crippen LogP contribution in [0.3, 0.4) is 0 Å². The molecule has 0 radical (unpaired) electrons. The maximum atomic E-state index is 12.8. The Balaban J connectivity index is 0.000000743. The number of amidine groups is 2. The number of carbonyl (C=O) groups excluding carboxylic acids is 2. The van der Waals surface area contributed by atoms with Gasteiger partial charge < -0.3 is 21.3 Å². The van der Waals surface area contributed by atoms with Crippen LogP contribution in [0.2, 0.25) is 0 Å². The summed E-state index contributed by atoms with van der Waals surface area (Å²) in [4.78, 5) is 34.3. The number of carbonyl (C=O) groups is 2. The molecule has 0 bridgehead atoms. The van der Waals surface area contributed by atoms with Crippen LogP contribution in [0, 0.1) is 0 Å². The molecule has 2 aliphatic heterocycles. The molecule has 2 heterocycles. The van der Waals surface area contributed by atoms with Gasteiger partial charge in [-0.25, -0.2) is 0 Å². The Kier molecular flexibility index (Phi) is 9.66. The average molecular weight is 625 g/mol. The van der Waals surface area contributed by atoms with Gasteiger partial charge in [0.05, 0.1) is 19.3 Å². The highest BCUT2D eigenvalue weighted by Crippen LogP contribution is 2.22. The second kappa shape index (κ2) is 14.0. The summed E-state index contributed by atoms with van der Waals surface area (Å²) >= 11 is 0. The van der Waals surface area contributed by atoms with Crippen LogP contribution >= 0.6 is 0 Å². The molecule has 0 atom stereocenters. The lowest BCUT2D eigenvalue weighted by Crippen LogP contribution is -2.19. The molecule has 0 saturated carbocycles. The third-order valence-electron chi connectivity index (χ3n) is 6.81. The minimum Gasteiger partial charge on any atom is -0.368 e. The normalized spacial score (nSPS) is 13.7. The maximum absolute atomic E-state index is 12.8. The molecular weight excluding hydrogens is 592 g/mol. The molecule has 11 nitrogen and oxygen atoms in total. The van der Waals surface area contributed by atoms with Gasteiger partial charge >= 0.3 is 0 Å². The topological polar surface area (TPSA) is 161 Å². The highest BCUT2D eigenvalue weighted by atomic mass is 32.2. The molecule has 5 N–H and O–H groups in total. The van der Waals surface area contributed by atoms with Crippen molar-refractivity contribution in [3.05, 3.63) is 119 Å². The Labute approximate surface area is 261 Å². The van der Waals surface area contributed by atoms with Gasteiger partial charge in [-0.3, -0.25) is 24.1 Å². The monoisotopic (exact) mass is 624 g/mol. The molecule has 230 valence electrons. The third kappa shape index (κ3) is 8.85. The maximum Gasteiger partial charge on any atom is 0.261 e. The highest BCUT2D eigenvalue weighted by molar-refractivity contribution is 7.85. The highest BCUT2D eigenvalue weighted by Gasteiger charge is 2.12. The molecular formula is C33H32N6O5S. The van der Waals surface area contributed by atoms with E-state index in [-0.39, 0.29) is 11.8 Å². The molecule has 0 fully saturated rings. The lowest BCUT2D eigenvalue weighted by Gasteiger charge is -2.09. The van der Waals surface area contributed by atoms with Gasteiger partial charge in [0, 0.05) is 46.7 Å². The molecule has 0 aromatic heterocycles. The fourth-order valence-electron chi connectivity index (χ4n) is 4.64. The molecule has 0 saturated heterocycles. The minimum atomic E-state index is -3.67. The van der Waals surface area contributed by atoms with E-state index < -0.39 is 10.1 Å². The third-order valence-corrected chi connectivity index (χ3v) is 6.81. The molecule has 4 aromatic carbocycles. The summed E-state index contributed by atoms with van der Waals surface area (Å²) in [5.41, 5.74) is 6.49. The van der Waals surface area contributed by atoms with Gasteiger partial charge in [-0.1, -0.05) is 24.3 Å². The summed E-state index contributed by atoms with van der Waals surface area (Å²) in [6.45, 7) is 3.28. The standard InChI is InChI=1S/C32H28N6O2.CH4O3S/c39-31(37-27-13-9-23(10-14-27)29-33-17-18-34-29)25-5-1-21(2-6-25)22-3-7-26(8-4-22)32(40)38-28-15-11-24(12-16-28)30-35-19-20-36-30;1-5(2,3)4/h1-16H,17-20H2,(H,33,34)(H,35,36)(H,37,39)(H,38,40);1H3,(H,2,3,4). The average Bonchev–Trinajstić information content (AvgIpc) is 3.77. The van der Waals surface area contributed by atoms with E-state index in [1.165, 1.54) is 0 Å². The van der Waals surface area contributed by atoms with Gasteiger partial charge in [0.1, 0.15) is 11.7 Å². The summed E-state index contributed by atoms with van der Waals surface area (Å²) < 4.78 is 25.9. The molecule has 0 unspecified atom stereocenters. The second-order valence-corrected chi connectivity index (χ2v) is 11.7. The van der Waals surface area contributed by atoms with E-state index in [4.69, 9.17) is 4.55 Å². The van der Waals surface area contributed by atoms with E-state index in [0.29, 0.717) is 17.4 Å². The summed E-state index contributed by atoms with van der Waals surface area (Å²) in [6.07, 6.45) is 0.715. The molecule has 4 aromatic rings. The van der Waals surface area contributed by atoms with Crippen molar-refractivity contribution in [2.24, 2.45) is 9.98 Å². The Hall–Kier alpha value is -5.33. The first kappa shape index (κ1) is 31.1. The van der Waals surface area contributed by atoms with E-state index in [2.05, 4.69) is 31.3 Å². The molecule has 45 heavy (non-hydrogen) atoms. The van der Waals surface area contributed by atoms with E-state index in [1.54, 1.807) is 24.3 Å². The second-order valence-electron chi connectivity index (χ2n) is 10.3. The van der Waals surface area contributed by atoms with Crippen LogP contribution in [-0.4, -0.2) is 68.9 Å². The van der Waals surface area contributed by atoms with Crippen molar-refractivity contribution in [2.75, 3.05) is 43.1 Å². The van der Waals surface area contributed by atoms with Gasteiger partial charge in [-0.2, -0.15) is 8.42 Å². The number of amides is 2.